The van der Waals surface area contributed by atoms with Crippen molar-refractivity contribution in [3.05, 3.63) is 72.8 Å². The van der Waals surface area contributed by atoms with Gasteiger partial charge in [0.25, 0.3) is 0 Å². The molecule has 6 nitrogen and oxygen atoms in total. The molecule has 0 atom stereocenters. The Labute approximate surface area is 185 Å². The van der Waals surface area contributed by atoms with Crippen molar-refractivity contribution in [3.8, 4) is 0 Å². The first kappa shape index (κ1) is 18.0. The molecule has 0 saturated heterocycles. The Kier molecular flexibility index (Phi) is 3.83. The maximum absolute atomic E-state index is 4.79. The predicted molar refractivity (Wildman–Crippen MR) is 118 cm³/mol. The molecule has 5 aromatic heterocycles. The molecule has 0 aliphatic heterocycles. The van der Waals surface area contributed by atoms with Gasteiger partial charge in [-0.15, -0.1) is 0 Å². The van der Waals surface area contributed by atoms with Crippen LogP contribution >= 0.6 is 0 Å². The number of benzene rings is 2. The fourth-order valence-corrected chi connectivity index (χ4v) is 3.98. The maximum atomic E-state index is 4.79. The quantitative estimate of drug-likeness (QED) is 0.252. The summed E-state index contributed by atoms with van der Waals surface area (Å²) in [4.78, 5) is 28.5. The molecule has 0 spiro atoms. The van der Waals surface area contributed by atoms with Crippen LogP contribution in [0.4, 0.5) is 0 Å². The van der Waals surface area contributed by atoms with Crippen LogP contribution in [0.25, 0.3) is 66.2 Å². The number of hydrogen-bond donors (Lipinski definition) is 0. The largest absolute Gasteiger partial charge is 2.00 e. The zero-order chi connectivity index (χ0) is 19.7. The maximum Gasteiger partial charge on any atom is 2.00 e. The molecule has 7 aromatic rings. The van der Waals surface area contributed by atoms with E-state index in [0.29, 0.717) is 22.6 Å². The van der Waals surface area contributed by atoms with Crippen LogP contribution in [0.3, 0.4) is 0 Å². The predicted octanol–water partition coefficient (Wildman–Crippen LogP) is 4.66. The summed E-state index contributed by atoms with van der Waals surface area (Å²) in [5.41, 5.74) is 5.57. The normalized spacial score (nSPS) is 11.6. The van der Waals surface area contributed by atoms with E-state index in [1.54, 1.807) is 0 Å². The summed E-state index contributed by atoms with van der Waals surface area (Å²) in [6.07, 6.45) is 0. The van der Waals surface area contributed by atoms with Gasteiger partial charge in [0, 0.05) is 44.7 Å². The van der Waals surface area contributed by atoms with E-state index in [0.717, 1.165) is 43.6 Å². The molecule has 0 fully saturated rings. The van der Waals surface area contributed by atoms with E-state index in [1.807, 2.05) is 72.8 Å². The molecule has 0 radical (unpaired) electrons. The molecule has 0 aliphatic rings. The van der Waals surface area contributed by atoms with Gasteiger partial charge >= 0.3 is 17.1 Å². The Bertz CT molecular complexity index is 1550. The van der Waals surface area contributed by atoms with Gasteiger partial charge in [0.1, 0.15) is 0 Å². The number of fused-ring (bicyclic) bond motifs is 4. The molecule has 0 N–H and O–H groups in total. The summed E-state index contributed by atoms with van der Waals surface area (Å²) >= 11 is 0. The molecule has 31 heavy (non-hydrogen) atoms. The standard InChI is InChI=1S/C24H12N6.Fe/c1-2-14-6-10-18-26-20-12-8-16-4-3-15-7-11-19(29-23(15)24(16)30-20)25-17-9-5-13(1)21(27-17)22(14)28-18;/h1-12H;/q-2;+2. The summed E-state index contributed by atoms with van der Waals surface area (Å²) in [6, 6.07) is 23.9. The van der Waals surface area contributed by atoms with Crippen LogP contribution in [0.2, 0.25) is 0 Å². The van der Waals surface area contributed by atoms with E-state index in [-0.39, 0.29) is 17.1 Å². The average Bonchev–Trinajstić information content (AvgIpc) is 2.78. The second-order valence-electron chi connectivity index (χ2n) is 7.32. The molecule has 7 heteroatoms. The zero-order valence-electron chi connectivity index (χ0n) is 16.0. The first-order chi connectivity index (χ1) is 14.8. The molecule has 7 rings (SSSR count). The van der Waals surface area contributed by atoms with Crippen molar-refractivity contribution >= 4 is 66.2 Å². The molecule has 5 heterocycles. The van der Waals surface area contributed by atoms with Crippen molar-refractivity contribution in [1.29, 1.82) is 0 Å². The molecule has 0 amide bonds. The van der Waals surface area contributed by atoms with Crippen LogP contribution in [-0.4, -0.2) is 19.9 Å². The summed E-state index contributed by atoms with van der Waals surface area (Å²) in [7, 11) is 0. The third-order valence-corrected chi connectivity index (χ3v) is 5.44. The van der Waals surface area contributed by atoms with Gasteiger partial charge in [0.2, 0.25) is 0 Å². The molecule has 0 aliphatic carbocycles. The van der Waals surface area contributed by atoms with Gasteiger partial charge in [-0.2, -0.15) is 0 Å². The summed E-state index contributed by atoms with van der Waals surface area (Å²) in [6.45, 7) is 0. The van der Waals surface area contributed by atoms with Crippen molar-refractivity contribution in [2.45, 2.75) is 0 Å². The van der Waals surface area contributed by atoms with Crippen LogP contribution in [0, 0.1) is 0 Å². The van der Waals surface area contributed by atoms with Crippen LogP contribution in [0.1, 0.15) is 0 Å². The SMILES string of the molecule is [Fe+2].c1cc2ccc3ccc4nc3c2nc1[n-]c1ccc2ccc3ccc(nc3c2n1)[n-]4. The average molecular weight is 440 g/mol. The van der Waals surface area contributed by atoms with Gasteiger partial charge in [-0.05, 0) is 45.8 Å². The monoisotopic (exact) mass is 440 g/mol. The van der Waals surface area contributed by atoms with E-state index in [9.17, 15) is 0 Å². The van der Waals surface area contributed by atoms with Gasteiger partial charge in [0.05, 0.1) is 0 Å². The van der Waals surface area contributed by atoms with E-state index in [2.05, 4.69) is 0 Å². The van der Waals surface area contributed by atoms with Crippen LogP contribution in [-0.2, 0) is 17.1 Å². The zero-order valence-corrected chi connectivity index (χ0v) is 17.1. The van der Waals surface area contributed by atoms with Gasteiger partial charge in [-0.25, -0.2) is 0 Å². The topological polar surface area (TPSA) is 79.8 Å². The third kappa shape index (κ3) is 2.79. The van der Waals surface area contributed by atoms with Crippen LogP contribution in [0.5, 0.6) is 0 Å². The van der Waals surface area contributed by atoms with Gasteiger partial charge in [0.15, 0.2) is 0 Å². The Morgan fingerprint density at radius 2 is 0.581 bits per heavy atom. The summed E-state index contributed by atoms with van der Waals surface area (Å²) in [5, 5.41) is 4.02. The van der Waals surface area contributed by atoms with E-state index in [4.69, 9.17) is 29.9 Å². The minimum Gasteiger partial charge on any atom is -0.360 e. The minimum atomic E-state index is 0. The van der Waals surface area contributed by atoms with Crippen LogP contribution in [0.15, 0.2) is 72.8 Å². The second-order valence-corrected chi connectivity index (χ2v) is 7.32. The minimum absolute atomic E-state index is 0. The van der Waals surface area contributed by atoms with Crippen LogP contribution < -0.4 is 9.97 Å². The number of hydrogen-bond acceptors (Lipinski definition) is 4. The summed E-state index contributed by atoms with van der Waals surface area (Å²) < 4.78 is 0. The summed E-state index contributed by atoms with van der Waals surface area (Å²) in [5.74, 6) is 0. The van der Waals surface area contributed by atoms with E-state index >= 15 is 0 Å². The number of aromatic nitrogens is 6. The first-order valence-corrected chi connectivity index (χ1v) is 9.65. The Morgan fingerprint density at radius 3 is 0.839 bits per heavy atom. The Balaban J connectivity index is 0.00000185. The smallest absolute Gasteiger partial charge is 0.360 e. The fourth-order valence-electron chi connectivity index (χ4n) is 3.98. The molecule has 2 aromatic carbocycles. The number of pyridine rings is 4. The van der Waals surface area contributed by atoms with Gasteiger partial charge in [-0.1, -0.05) is 48.5 Å². The molecular weight excluding hydrogens is 428 g/mol. The van der Waals surface area contributed by atoms with Crippen molar-refractivity contribution < 1.29 is 17.1 Å². The van der Waals surface area contributed by atoms with Gasteiger partial charge in [-0.3, -0.25) is 0 Å². The molecule has 0 unspecified atom stereocenters. The number of nitrogens with zero attached hydrogens (tertiary/aromatic N) is 6. The van der Waals surface area contributed by atoms with Crippen molar-refractivity contribution in [3.63, 3.8) is 0 Å². The Morgan fingerprint density at radius 1 is 0.355 bits per heavy atom. The number of rotatable bonds is 0. The van der Waals surface area contributed by atoms with Crippen molar-refractivity contribution in [2.24, 2.45) is 0 Å². The first-order valence-electron chi connectivity index (χ1n) is 9.65. The van der Waals surface area contributed by atoms with E-state index < -0.39 is 0 Å². The van der Waals surface area contributed by atoms with E-state index in [1.165, 1.54) is 0 Å². The molecular formula is C24H12FeN6. The third-order valence-electron chi connectivity index (χ3n) is 5.44. The molecule has 146 valence electrons. The van der Waals surface area contributed by atoms with Crippen molar-refractivity contribution in [1.82, 2.24) is 29.9 Å². The van der Waals surface area contributed by atoms with Gasteiger partial charge < -0.3 is 29.9 Å². The molecule has 0 saturated carbocycles. The molecule has 8 bridgehead atoms. The Hall–Kier alpha value is -3.80. The van der Waals surface area contributed by atoms with Crippen molar-refractivity contribution in [2.75, 3.05) is 0 Å². The fraction of sp³-hybridized carbons (Fsp3) is 0. The second kappa shape index (κ2) is 6.60.